The number of esters is 1. The summed E-state index contributed by atoms with van der Waals surface area (Å²) in [6, 6.07) is 20.2. The van der Waals surface area contributed by atoms with E-state index in [9.17, 15) is 4.79 Å². The molecule has 2 nitrogen and oxygen atoms in total. The lowest BCUT2D eigenvalue weighted by Gasteiger charge is -2.21. The summed E-state index contributed by atoms with van der Waals surface area (Å²) in [4.78, 5) is 12.5. The van der Waals surface area contributed by atoms with Crippen molar-refractivity contribution in [3.8, 4) is 0 Å². The van der Waals surface area contributed by atoms with Gasteiger partial charge in [0.05, 0.1) is 7.11 Å². The lowest BCUT2D eigenvalue weighted by atomic mass is 9.83. The molecule has 102 valence electrons. The largest absolute Gasteiger partial charge is 0.468 e. The van der Waals surface area contributed by atoms with Crippen LogP contribution in [0.2, 0.25) is 0 Å². The van der Waals surface area contributed by atoms with Crippen LogP contribution >= 0.6 is 0 Å². The molecule has 2 atom stereocenters. The van der Waals surface area contributed by atoms with Crippen LogP contribution in [0, 0.1) is 0 Å². The molecule has 0 spiro atoms. The average molecular weight is 266 g/mol. The molecule has 0 heterocycles. The van der Waals surface area contributed by atoms with Crippen LogP contribution in [0.3, 0.4) is 0 Å². The van der Waals surface area contributed by atoms with E-state index in [4.69, 9.17) is 4.74 Å². The number of carbonyl (C=O) groups is 1. The predicted octanol–water partition coefficient (Wildman–Crippen LogP) is 3.46. The Morgan fingerprint density at radius 3 is 1.95 bits per heavy atom. The van der Waals surface area contributed by atoms with Gasteiger partial charge in [0.2, 0.25) is 0 Å². The van der Waals surface area contributed by atoms with Gasteiger partial charge in [0.25, 0.3) is 0 Å². The van der Waals surface area contributed by atoms with Crippen molar-refractivity contribution in [1.82, 2.24) is 0 Å². The summed E-state index contributed by atoms with van der Waals surface area (Å²) in [6.07, 6.45) is 0.792. The second-order valence-corrected chi connectivity index (χ2v) is 5.64. The molecular weight excluding hydrogens is 248 g/mol. The van der Waals surface area contributed by atoms with Crippen LogP contribution in [0.1, 0.15) is 24.5 Å². The lowest BCUT2D eigenvalue weighted by Crippen LogP contribution is -2.30. The molecule has 0 bridgehead atoms. The summed E-state index contributed by atoms with van der Waals surface area (Å²) in [5, 5.41) is 0. The zero-order valence-corrected chi connectivity index (χ0v) is 11.8. The van der Waals surface area contributed by atoms with Crippen molar-refractivity contribution in [2.24, 2.45) is 0 Å². The highest BCUT2D eigenvalue weighted by molar-refractivity contribution is 5.91. The summed E-state index contributed by atoms with van der Waals surface area (Å²) >= 11 is 0. The Kier molecular flexibility index (Phi) is 2.89. The number of benzene rings is 2. The van der Waals surface area contributed by atoms with Crippen LogP contribution in [0.25, 0.3) is 0 Å². The Morgan fingerprint density at radius 1 is 0.950 bits per heavy atom. The smallest absolute Gasteiger partial charge is 0.317 e. The molecule has 3 rings (SSSR count). The zero-order chi connectivity index (χ0) is 14.2. The number of hydrogen-bond donors (Lipinski definition) is 0. The van der Waals surface area contributed by atoms with Crippen molar-refractivity contribution in [2.45, 2.75) is 24.2 Å². The van der Waals surface area contributed by atoms with E-state index in [1.54, 1.807) is 0 Å². The van der Waals surface area contributed by atoms with Crippen LogP contribution in [-0.4, -0.2) is 13.1 Å². The molecule has 2 heteroatoms. The first-order valence-electron chi connectivity index (χ1n) is 6.84. The first-order valence-corrected chi connectivity index (χ1v) is 6.84. The van der Waals surface area contributed by atoms with Gasteiger partial charge in [0.1, 0.15) is 5.41 Å². The maximum absolute atomic E-state index is 12.5. The second kappa shape index (κ2) is 4.48. The van der Waals surface area contributed by atoms with Gasteiger partial charge in [0, 0.05) is 5.41 Å². The molecule has 1 aliphatic carbocycles. The first kappa shape index (κ1) is 12.9. The van der Waals surface area contributed by atoms with E-state index in [1.807, 2.05) is 48.5 Å². The number of rotatable bonds is 3. The number of hydrogen-bond acceptors (Lipinski definition) is 2. The van der Waals surface area contributed by atoms with Gasteiger partial charge >= 0.3 is 5.97 Å². The number of ether oxygens (including phenoxy) is 1. The molecule has 1 saturated carbocycles. The van der Waals surface area contributed by atoms with Crippen LogP contribution in [-0.2, 0) is 20.4 Å². The summed E-state index contributed by atoms with van der Waals surface area (Å²) in [6.45, 7) is 2.15. The predicted molar refractivity (Wildman–Crippen MR) is 78.5 cm³/mol. The quantitative estimate of drug-likeness (QED) is 0.795. The van der Waals surface area contributed by atoms with Gasteiger partial charge in [-0.05, 0) is 17.5 Å². The fourth-order valence-corrected chi connectivity index (χ4v) is 3.37. The minimum Gasteiger partial charge on any atom is -0.468 e. The summed E-state index contributed by atoms with van der Waals surface area (Å²) in [7, 11) is 1.47. The maximum Gasteiger partial charge on any atom is 0.317 e. The Balaban J connectivity index is 2.11. The normalized spacial score (nSPS) is 27.9. The molecule has 0 aliphatic heterocycles. The molecule has 2 aromatic carbocycles. The highest BCUT2D eigenvalue weighted by atomic mass is 16.5. The van der Waals surface area contributed by atoms with Crippen molar-refractivity contribution in [3.63, 3.8) is 0 Å². The number of carbonyl (C=O) groups excluding carboxylic acids is 1. The summed E-state index contributed by atoms with van der Waals surface area (Å²) < 4.78 is 5.11. The molecule has 0 saturated heterocycles. The molecule has 20 heavy (non-hydrogen) atoms. The Labute approximate surface area is 119 Å². The first-order chi connectivity index (χ1) is 9.65. The van der Waals surface area contributed by atoms with Gasteiger partial charge in [-0.25, -0.2) is 0 Å². The van der Waals surface area contributed by atoms with Crippen LogP contribution < -0.4 is 0 Å². The van der Waals surface area contributed by atoms with Crippen molar-refractivity contribution >= 4 is 5.97 Å². The van der Waals surface area contributed by atoms with Crippen LogP contribution in [0.5, 0.6) is 0 Å². The van der Waals surface area contributed by atoms with Crippen molar-refractivity contribution in [1.29, 1.82) is 0 Å². The van der Waals surface area contributed by atoms with Crippen LogP contribution in [0.4, 0.5) is 0 Å². The maximum atomic E-state index is 12.5. The lowest BCUT2D eigenvalue weighted by molar-refractivity contribution is -0.144. The molecule has 0 radical (unpaired) electrons. The van der Waals surface area contributed by atoms with Gasteiger partial charge in [-0.2, -0.15) is 0 Å². The molecule has 0 aromatic heterocycles. The Morgan fingerprint density at radius 2 is 1.45 bits per heavy atom. The van der Waals surface area contributed by atoms with E-state index in [1.165, 1.54) is 12.7 Å². The molecule has 0 unspecified atom stereocenters. The zero-order valence-electron chi connectivity index (χ0n) is 11.8. The molecule has 1 fully saturated rings. The highest BCUT2D eigenvalue weighted by Gasteiger charge is 2.71. The van der Waals surface area contributed by atoms with E-state index in [0.717, 1.165) is 12.0 Å². The van der Waals surface area contributed by atoms with E-state index in [2.05, 4.69) is 19.1 Å². The molecule has 0 N–H and O–H groups in total. The summed E-state index contributed by atoms with van der Waals surface area (Å²) in [5.41, 5.74) is 1.49. The average Bonchev–Trinajstić information content (AvgIpc) is 3.17. The standard InChI is InChI=1S/C18H18O2/c1-17(14-9-5-3-6-10-14)13-18(17,16(19)20-2)15-11-7-4-8-12-15/h3-12H,13H2,1-2H3/t17-,18+/m1/s1. The third-order valence-corrected chi connectivity index (χ3v) is 4.65. The number of methoxy groups -OCH3 is 1. The molecule has 2 aromatic rings. The third-order valence-electron chi connectivity index (χ3n) is 4.65. The van der Waals surface area contributed by atoms with E-state index in [-0.39, 0.29) is 11.4 Å². The van der Waals surface area contributed by atoms with Gasteiger partial charge < -0.3 is 4.74 Å². The van der Waals surface area contributed by atoms with Crippen molar-refractivity contribution < 1.29 is 9.53 Å². The minimum atomic E-state index is -0.551. The monoisotopic (exact) mass is 266 g/mol. The fraction of sp³-hybridized carbons (Fsp3) is 0.278. The van der Waals surface area contributed by atoms with Gasteiger partial charge in [0.15, 0.2) is 0 Å². The molecular formula is C18H18O2. The Hall–Kier alpha value is -2.09. The molecule has 1 aliphatic rings. The molecule has 0 amide bonds. The SMILES string of the molecule is COC(=O)[C@@]1(c2ccccc2)C[C@]1(C)c1ccccc1. The van der Waals surface area contributed by atoms with Gasteiger partial charge in [-0.15, -0.1) is 0 Å². The Bertz CT molecular complexity index is 620. The fourth-order valence-electron chi connectivity index (χ4n) is 3.37. The third kappa shape index (κ3) is 1.61. The van der Waals surface area contributed by atoms with E-state index >= 15 is 0 Å². The summed E-state index contributed by atoms with van der Waals surface area (Å²) in [5.74, 6) is -0.143. The van der Waals surface area contributed by atoms with E-state index in [0.29, 0.717) is 0 Å². The van der Waals surface area contributed by atoms with Gasteiger partial charge in [-0.3, -0.25) is 4.79 Å². The van der Waals surface area contributed by atoms with Gasteiger partial charge in [-0.1, -0.05) is 67.6 Å². The minimum absolute atomic E-state index is 0.143. The highest BCUT2D eigenvalue weighted by Crippen LogP contribution is 2.65. The van der Waals surface area contributed by atoms with Crippen molar-refractivity contribution in [3.05, 3.63) is 71.8 Å². The van der Waals surface area contributed by atoms with Crippen LogP contribution in [0.15, 0.2) is 60.7 Å². The second-order valence-electron chi connectivity index (χ2n) is 5.64. The van der Waals surface area contributed by atoms with E-state index < -0.39 is 5.41 Å². The van der Waals surface area contributed by atoms with Crippen molar-refractivity contribution in [2.75, 3.05) is 7.11 Å². The topological polar surface area (TPSA) is 26.3 Å².